The van der Waals surface area contributed by atoms with Gasteiger partial charge in [-0.25, -0.2) is 4.98 Å². The number of carbonyl (C=O) groups excluding carboxylic acids is 2. The number of aryl methyl sites for hydroxylation is 1. The summed E-state index contributed by atoms with van der Waals surface area (Å²) in [5.41, 5.74) is 3.81. The smallest absolute Gasteiger partial charge is 0.290 e. The second-order valence-electron chi connectivity index (χ2n) is 7.46. The Morgan fingerprint density at radius 3 is 2.58 bits per heavy atom. The minimum absolute atomic E-state index is 0.0654. The Morgan fingerprint density at radius 1 is 1.13 bits per heavy atom. The van der Waals surface area contributed by atoms with E-state index in [2.05, 4.69) is 15.2 Å². The van der Waals surface area contributed by atoms with E-state index in [1.165, 1.54) is 4.90 Å². The van der Waals surface area contributed by atoms with E-state index in [0.29, 0.717) is 23.3 Å². The molecule has 0 radical (unpaired) electrons. The highest BCUT2D eigenvalue weighted by Gasteiger charge is 2.21. The molecule has 1 fully saturated rings. The Kier molecular flexibility index (Phi) is 6.18. The summed E-state index contributed by atoms with van der Waals surface area (Å²) in [6.07, 6.45) is 0. The van der Waals surface area contributed by atoms with Crippen molar-refractivity contribution < 1.29 is 18.7 Å². The van der Waals surface area contributed by atoms with E-state index in [0.717, 1.165) is 37.7 Å². The van der Waals surface area contributed by atoms with E-state index >= 15 is 0 Å². The Bertz CT molecular complexity index is 1070. The summed E-state index contributed by atoms with van der Waals surface area (Å²) in [4.78, 5) is 33.5. The standard InChI is InChI=1S/C23H26N4O4/c1-3-26(23(29)21-14-19-20(31-21)9-4-16(2)24-19)15-22(28)25-17-5-7-18(8-6-17)27-10-12-30-13-11-27/h4-9,14H,3,10-13,15H2,1-2H3,(H,25,28). The number of rotatable bonds is 6. The molecule has 0 saturated carbocycles. The largest absolute Gasteiger partial charge is 0.449 e. The molecule has 1 aliphatic rings. The molecule has 2 aromatic heterocycles. The van der Waals surface area contributed by atoms with Gasteiger partial charge >= 0.3 is 0 Å². The van der Waals surface area contributed by atoms with E-state index in [9.17, 15) is 9.59 Å². The number of morpholine rings is 1. The molecule has 1 N–H and O–H groups in total. The van der Waals surface area contributed by atoms with Crippen LogP contribution in [0, 0.1) is 6.92 Å². The molecule has 1 aliphatic heterocycles. The van der Waals surface area contributed by atoms with Gasteiger partial charge in [-0.1, -0.05) is 0 Å². The average molecular weight is 422 g/mol. The van der Waals surface area contributed by atoms with Crippen LogP contribution in [0.3, 0.4) is 0 Å². The molecule has 1 saturated heterocycles. The number of amides is 2. The minimum Gasteiger partial charge on any atom is -0.449 e. The van der Waals surface area contributed by atoms with Crippen molar-refractivity contribution in [2.75, 3.05) is 49.6 Å². The number of anilines is 2. The number of nitrogens with zero attached hydrogens (tertiary/aromatic N) is 3. The lowest BCUT2D eigenvalue weighted by atomic mass is 10.2. The van der Waals surface area contributed by atoms with Gasteiger partial charge in [0.25, 0.3) is 5.91 Å². The fraction of sp³-hybridized carbons (Fsp3) is 0.348. The summed E-state index contributed by atoms with van der Waals surface area (Å²) in [6.45, 7) is 7.18. The highest BCUT2D eigenvalue weighted by Crippen LogP contribution is 2.20. The first kappa shape index (κ1) is 20.9. The second-order valence-corrected chi connectivity index (χ2v) is 7.46. The lowest BCUT2D eigenvalue weighted by Gasteiger charge is -2.29. The summed E-state index contributed by atoms with van der Waals surface area (Å²) in [5, 5.41) is 2.86. The molecule has 2 amide bonds. The predicted octanol–water partition coefficient (Wildman–Crippen LogP) is 3.07. The summed E-state index contributed by atoms with van der Waals surface area (Å²) in [7, 11) is 0. The van der Waals surface area contributed by atoms with Gasteiger partial charge < -0.3 is 24.3 Å². The van der Waals surface area contributed by atoms with Crippen molar-refractivity contribution in [3.8, 4) is 0 Å². The van der Waals surface area contributed by atoms with Crippen LogP contribution in [0.25, 0.3) is 11.1 Å². The third kappa shape index (κ3) is 4.86. The van der Waals surface area contributed by atoms with Crippen LogP contribution < -0.4 is 10.2 Å². The first-order chi connectivity index (χ1) is 15.0. The molecule has 0 bridgehead atoms. The van der Waals surface area contributed by atoms with Crippen LogP contribution in [0.4, 0.5) is 11.4 Å². The fourth-order valence-corrected chi connectivity index (χ4v) is 3.57. The van der Waals surface area contributed by atoms with Crippen LogP contribution in [0.5, 0.6) is 0 Å². The van der Waals surface area contributed by atoms with Crippen molar-refractivity contribution in [2.45, 2.75) is 13.8 Å². The molecule has 1 aromatic carbocycles. The number of carbonyl (C=O) groups is 2. The molecule has 0 atom stereocenters. The van der Waals surface area contributed by atoms with Crippen molar-refractivity contribution in [1.29, 1.82) is 0 Å². The van der Waals surface area contributed by atoms with Gasteiger partial charge in [-0.2, -0.15) is 0 Å². The molecule has 0 spiro atoms. The summed E-state index contributed by atoms with van der Waals surface area (Å²) in [6, 6.07) is 12.9. The Labute approximate surface area is 180 Å². The maximum absolute atomic E-state index is 12.8. The van der Waals surface area contributed by atoms with Gasteiger partial charge in [0.2, 0.25) is 5.91 Å². The van der Waals surface area contributed by atoms with E-state index in [-0.39, 0.29) is 24.1 Å². The average Bonchev–Trinajstić information content (AvgIpc) is 3.21. The van der Waals surface area contributed by atoms with Gasteiger partial charge in [0, 0.05) is 42.8 Å². The van der Waals surface area contributed by atoms with E-state index < -0.39 is 0 Å². The van der Waals surface area contributed by atoms with Crippen LogP contribution in [0.2, 0.25) is 0 Å². The lowest BCUT2D eigenvalue weighted by Crippen LogP contribution is -2.37. The zero-order valence-corrected chi connectivity index (χ0v) is 17.8. The topological polar surface area (TPSA) is 87.9 Å². The van der Waals surface area contributed by atoms with Crippen molar-refractivity contribution in [3.63, 3.8) is 0 Å². The number of pyridine rings is 1. The lowest BCUT2D eigenvalue weighted by molar-refractivity contribution is -0.116. The quantitative estimate of drug-likeness (QED) is 0.657. The number of hydrogen-bond donors (Lipinski definition) is 1. The highest BCUT2D eigenvalue weighted by molar-refractivity contribution is 5.99. The summed E-state index contributed by atoms with van der Waals surface area (Å²) in [5.74, 6) is -0.423. The molecule has 0 aliphatic carbocycles. The third-order valence-corrected chi connectivity index (χ3v) is 5.25. The maximum atomic E-state index is 12.8. The molecule has 3 heterocycles. The van der Waals surface area contributed by atoms with Gasteiger partial charge in [-0.05, 0) is 50.2 Å². The van der Waals surface area contributed by atoms with Crippen LogP contribution in [-0.2, 0) is 9.53 Å². The van der Waals surface area contributed by atoms with Gasteiger partial charge in [0.15, 0.2) is 11.3 Å². The molecular formula is C23H26N4O4. The van der Waals surface area contributed by atoms with Gasteiger partial charge in [-0.3, -0.25) is 9.59 Å². The molecule has 8 heteroatoms. The normalized spacial score (nSPS) is 13.9. The van der Waals surface area contributed by atoms with Gasteiger partial charge in [0.05, 0.1) is 13.2 Å². The van der Waals surface area contributed by atoms with Gasteiger partial charge in [0.1, 0.15) is 12.1 Å². The molecule has 31 heavy (non-hydrogen) atoms. The number of nitrogens with one attached hydrogen (secondary N) is 1. The second kappa shape index (κ2) is 9.18. The maximum Gasteiger partial charge on any atom is 0.290 e. The number of fused-ring (bicyclic) bond motifs is 1. The molecular weight excluding hydrogens is 396 g/mol. The van der Waals surface area contributed by atoms with E-state index in [1.807, 2.05) is 44.2 Å². The Hall–Kier alpha value is -3.39. The van der Waals surface area contributed by atoms with Crippen LogP contribution in [0.1, 0.15) is 23.2 Å². The molecule has 162 valence electrons. The SMILES string of the molecule is CCN(CC(=O)Nc1ccc(N2CCOCC2)cc1)C(=O)c1cc2nc(C)ccc2o1. The third-order valence-electron chi connectivity index (χ3n) is 5.25. The zero-order valence-electron chi connectivity index (χ0n) is 17.8. The molecule has 0 unspecified atom stereocenters. The van der Waals surface area contributed by atoms with E-state index in [4.69, 9.17) is 9.15 Å². The van der Waals surface area contributed by atoms with Gasteiger partial charge in [-0.15, -0.1) is 0 Å². The number of aromatic nitrogens is 1. The molecule has 4 rings (SSSR count). The highest BCUT2D eigenvalue weighted by atomic mass is 16.5. The molecule has 3 aromatic rings. The number of benzene rings is 1. The first-order valence-corrected chi connectivity index (χ1v) is 10.4. The van der Waals surface area contributed by atoms with Crippen molar-refractivity contribution in [2.24, 2.45) is 0 Å². The first-order valence-electron chi connectivity index (χ1n) is 10.4. The van der Waals surface area contributed by atoms with Crippen molar-refractivity contribution in [3.05, 3.63) is 53.9 Å². The Morgan fingerprint density at radius 2 is 1.87 bits per heavy atom. The zero-order chi connectivity index (χ0) is 21.8. The van der Waals surface area contributed by atoms with Crippen molar-refractivity contribution >= 4 is 34.3 Å². The van der Waals surface area contributed by atoms with Crippen LogP contribution in [0.15, 0.2) is 46.9 Å². The Balaban J connectivity index is 1.38. The van der Waals surface area contributed by atoms with Crippen LogP contribution in [-0.4, -0.2) is 61.1 Å². The summed E-state index contributed by atoms with van der Waals surface area (Å²) >= 11 is 0. The predicted molar refractivity (Wildman–Crippen MR) is 118 cm³/mol. The number of hydrogen-bond acceptors (Lipinski definition) is 6. The summed E-state index contributed by atoms with van der Waals surface area (Å²) < 4.78 is 11.0. The monoisotopic (exact) mass is 422 g/mol. The van der Waals surface area contributed by atoms with Crippen LogP contribution >= 0.6 is 0 Å². The minimum atomic E-state index is -0.337. The number of furan rings is 1. The van der Waals surface area contributed by atoms with E-state index in [1.54, 1.807) is 12.1 Å². The van der Waals surface area contributed by atoms with Crippen molar-refractivity contribution in [1.82, 2.24) is 9.88 Å². The number of likely N-dealkylation sites (N-methyl/N-ethyl adjacent to an activating group) is 1. The molecule has 8 nitrogen and oxygen atoms in total. The fourth-order valence-electron chi connectivity index (χ4n) is 3.57. The number of ether oxygens (including phenoxy) is 1.